The number of methoxy groups -OCH3 is 1. The first kappa shape index (κ1) is 18.4. The summed E-state index contributed by atoms with van der Waals surface area (Å²) in [5.74, 6) is -1.50. The zero-order valence-electron chi connectivity index (χ0n) is 14.4. The molecule has 25 heavy (non-hydrogen) atoms. The van der Waals surface area contributed by atoms with Gasteiger partial charge in [0.25, 0.3) is 0 Å². The molecule has 2 rings (SSSR count). The topological polar surface area (TPSA) is 96.0 Å². The first-order chi connectivity index (χ1) is 11.8. The number of hydrogen-bond acceptors (Lipinski definition) is 5. The highest BCUT2D eigenvalue weighted by Crippen LogP contribution is 2.24. The second kappa shape index (κ2) is 7.78. The highest BCUT2D eigenvalue weighted by atomic mass is 16.5. The van der Waals surface area contributed by atoms with Gasteiger partial charge in [-0.1, -0.05) is 13.8 Å². The number of nitrogens with one attached hydrogen (secondary N) is 1. The van der Waals surface area contributed by atoms with E-state index in [1.165, 1.54) is 19.2 Å². The van der Waals surface area contributed by atoms with Crippen molar-refractivity contribution in [2.75, 3.05) is 25.1 Å². The van der Waals surface area contributed by atoms with Crippen LogP contribution in [0.3, 0.4) is 0 Å². The number of hydrogen-bond donors (Lipinski definition) is 1. The van der Waals surface area contributed by atoms with Crippen molar-refractivity contribution < 1.29 is 23.9 Å². The Bertz CT molecular complexity index is 684. The van der Waals surface area contributed by atoms with Gasteiger partial charge in [-0.3, -0.25) is 14.4 Å². The summed E-state index contributed by atoms with van der Waals surface area (Å²) in [6.07, 6.45) is 0.782. The van der Waals surface area contributed by atoms with E-state index in [0.29, 0.717) is 23.1 Å². The summed E-state index contributed by atoms with van der Waals surface area (Å²) < 4.78 is 5.02. The summed E-state index contributed by atoms with van der Waals surface area (Å²) >= 11 is 0. The van der Waals surface area contributed by atoms with Gasteiger partial charge in [-0.15, -0.1) is 0 Å². The number of imide groups is 2. The Balaban J connectivity index is 2.06. The van der Waals surface area contributed by atoms with Gasteiger partial charge in [-0.05, 0) is 36.6 Å². The first-order valence-corrected chi connectivity index (χ1v) is 7.95. The molecule has 134 valence electrons. The maximum atomic E-state index is 12.4. The normalized spacial score (nSPS) is 14.5. The summed E-state index contributed by atoms with van der Waals surface area (Å²) in [4.78, 5) is 49.9. The van der Waals surface area contributed by atoms with Gasteiger partial charge in [0.1, 0.15) is 12.3 Å². The molecule has 1 aliphatic heterocycles. The van der Waals surface area contributed by atoms with Crippen molar-refractivity contribution in [2.45, 2.75) is 20.3 Å². The third-order valence-electron chi connectivity index (χ3n) is 3.73. The van der Waals surface area contributed by atoms with Crippen LogP contribution in [0.15, 0.2) is 24.3 Å². The number of anilines is 1. The Morgan fingerprint density at radius 3 is 2.32 bits per heavy atom. The lowest BCUT2D eigenvalue weighted by molar-refractivity contribution is -0.140. The van der Waals surface area contributed by atoms with Gasteiger partial charge in [0.15, 0.2) is 0 Å². The molecule has 0 saturated carbocycles. The van der Waals surface area contributed by atoms with Crippen LogP contribution in [0.1, 0.15) is 20.3 Å². The van der Waals surface area contributed by atoms with Crippen LogP contribution < -0.4 is 15.0 Å². The van der Waals surface area contributed by atoms with Crippen molar-refractivity contribution in [1.29, 1.82) is 0 Å². The Labute approximate surface area is 145 Å². The second-order valence-electron chi connectivity index (χ2n) is 6.04. The molecule has 8 heteroatoms. The largest absolute Gasteiger partial charge is 0.497 e. The minimum Gasteiger partial charge on any atom is -0.497 e. The number of amides is 5. The fraction of sp³-hybridized carbons (Fsp3) is 0.412. The van der Waals surface area contributed by atoms with Crippen molar-refractivity contribution in [3.8, 4) is 5.75 Å². The third kappa shape index (κ3) is 4.14. The van der Waals surface area contributed by atoms with Crippen LogP contribution in [0.25, 0.3) is 0 Å². The fourth-order valence-corrected chi connectivity index (χ4v) is 2.30. The number of benzene rings is 1. The van der Waals surface area contributed by atoms with Gasteiger partial charge >= 0.3 is 17.8 Å². The molecule has 1 aromatic carbocycles. The average molecular weight is 347 g/mol. The van der Waals surface area contributed by atoms with E-state index >= 15 is 0 Å². The van der Waals surface area contributed by atoms with E-state index in [1.54, 1.807) is 12.1 Å². The Morgan fingerprint density at radius 1 is 1.12 bits per heavy atom. The second-order valence-corrected chi connectivity index (χ2v) is 6.04. The molecule has 0 bridgehead atoms. The van der Waals surface area contributed by atoms with Gasteiger partial charge < -0.3 is 10.1 Å². The van der Waals surface area contributed by atoms with Crippen molar-refractivity contribution in [2.24, 2.45) is 5.92 Å². The Morgan fingerprint density at radius 2 is 1.76 bits per heavy atom. The van der Waals surface area contributed by atoms with Gasteiger partial charge in [0, 0.05) is 6.54 Å². The molecule has 1 N–H and O–H groups in total. The number of nitrogens with zero attached hydrogens (tertiary/aromatic N) is 2. The predicted octanol–water partition coefficient (Wildman–Crippen LogP) is 1.15. The summed E-state index contributed by atoms with van der Waals surface area (Å²) in [7, 11) is 1.49. The number of carbonyl (C=O) groups excluding carboxylic acids is 4. The maximum absolute atomic E-state index is 12.4. The highest BCUT2D eigenvalue weighted by Gasteiger charge is 2.46. The smallest absolute Gasteiger partial charge is 0.339 e. The third-order valence-corrected chi connectivity index (χ3v) is 3.73. The van der Waals surface area contributed by atoms with Crippen LogP contribution >= 0.6 is 0 Å². The molecule has 0 aliphatic carbocycles. The van der Waals surface area contributed by atoms with Gasteiger partial charge in [-0.25, -0.2) is 14.6 Å². The molecular formula is C17H21N3O5. The number of carbonyl (C=O) groups is 4. The summed E-state index contributed by atoms with van der Waals surface area (Å²) in [6.45, 7) is 4.01. The monoisotopic (exact) mass is 347 g/mol. The molecule has 1 saturated heterocycles. The molecule has 8 nitrogen and oxygen atoms in total. The fourth-order valence-electron chi connectivity index (χ4n) is 2.30. The lowest BCUT2D eigenvalue weighted by Crippen LogP contribution is -2.41. The van der Waals surface area contributed by atoms with Crippen molar-refractivity contribution >= 4 is 29.4 Å². The van der Waals surface area contributed by atoms with Crippen LogP contribution in [0, 0.1) is 5.92 Å². The molecule has 5 amide bonds. The minimum atomic E-state index is -1.01. The molecule has 1 fully saturated rings. The summed E-state index contributed by atoms with van der Waals surface area (Å²) in [5.41, 5.74) is 0.242. The first-order valence-electron chi connectivity index (χ1n) is 7.95. The van der Waals surface area contributed by atoms with E-state index in [1.807, 2.05) is 13.8 Å². The quantitative estimate of drug-likeness (QED) is 0.590. The number of ether oxygens (including phenoxy) is 1. The number of urea groups is 1. The molecule has 0 unspecified atom stereocenters. The minimum absolute atomic E-state index is 0.242. The van der Waals surface area contributed by atoms with Crippen molar-refractivity contribution in [3.05, 3.63) is 24.3 Å². The molecule has 0 aromatic heterocycles. The van der Waals surface area contributed by atoms with Crippen molar-refractivity contribution in [1.82, 2.24) is 10.2 Å². The van der Waals surface area contributed by atoms with E-state index in [9.17, 15) is 19.2 Å². The van der Waals surface area contributed by atoms with Crippen LogP contribution in [-0.2, 0) is 14.4 Å². The zero-order chi connectivity index (χ0) is 18.6. The van der Waals surface area contributed by atoms with E-state index in [-0.39, 0.29) is 5.69 Å². The SMILES string of the molecule is COc1ccc(N2C(=O)C(=O)N(CC(=O)NCCC(C)C)C2=O)cc1. The molecule has 1 aromatic rings. The van der Waals surface area contributed by atoms with Crippen LogP contribution in [0.2, 0.25) is 0 Å². The molecule has 0 spiro atoms. The maximum Gasteiger partial charge on any atom is 0.339 e. The molecule has 0 atom stereocenters. The van der Waals surface area contributed by atoms with Gasteiger partial charge in [0.2, 0.25) is 5.91 Å². The summed E-state index contributed by atoms with van der Waals surface area (Å²) in [5, 5.41) is 2.64. The van der Waals surface area contributed by atoms with Crippen molar-refractivity contribution in [3.63, 3.8) is 0 Å². The molecule has 0 radical (unpaired) electrons. The Hall–Kier alpha value is -2.90. The van der Waals surface area contributed by atoms with E-state index in [4.69, 9.17) is 4.74 Å². The van der Waals surface area contributed by atoms with Gasteiger partial charge in [0.05, 0.1) is 12.8 Å². The molecular weight excluding hydrogens is 326 g/mol. The van der Waals surface area contributed by atoms with Gasteiger partial charge in [-0.2, -0.15) is 0 Å². The Kier molecular flexibility index (Phi) is 5.74. The van der Waals surface area contributed by atoms with E-state index < -0.39 is 30.3 Å². The lowest BCUT2D eigenvalue weighted by atomic mass is 10.1. The zero-order valence-corrected chi connectivity index (χ0v) is 14.4. The average Bonchev–Trinajstić information content (AvgIpc) is 2.78. The number of rotatable bonds is 7. The van der Waals surface area contributed by atoms with E-state index in [2.05, 4.69) is 5.32 Å². The molecule has 1 aliphatic rings. The van der Waals surface area contributed by atoms with Crippen LogP contribution in [0.4, 0.5) is 10.5 Å². The molecule has 1 heterocycles. The van der Waals surface area contributed by atoms with Crippen LogP contribution in [-0.4, -0.2) is 48.9 Å². The predicted molar refractivity (Wildman–Crippen MR) is 90.1 cm³/mol. The summed E-state index contributed by atoms with van der Waals surface area (Å²) in [6, 6.07) is 5.30. The standard InChI is InChI=1S/C17H21N3O5/c1-11(2)8-9-18-14(21)10-19-15(22)16(23)20(17(19)24)12-4-6-13(25-3)7-5-12/h4-7,11H,8-10H2,1-3H3,(H,18,21). The van der Waals surface area contributed by atoms with Crippen LogP contribution in [0.5, 0.6) is 5.75 Å². The van der Waals surface area contributed by atoms with E-state index in [0.717, 1.165) is 11.3 Å². The lowest BCUT2D eigenvalue weighted by Gasteiger charge is -2.16. The highest BCUT2D eigenvalue weighted by molar-refractivity contribution is 6.53.